The molecule has 31 heavy (non-hydrogen) atoms. The number of halogens is 2. The molecule has 0 unspecified atom stereocenters. The lowest BCUT2D eigenvalue weighted by molar-refractivity contribution is 0.297. The molecule has 7 heteroatoms. The molecule has 0 saturated heterocycles. The molecule has 4 rings (SSSR count). The Labute approximate surface area is 188 Å². The summed E-state index contributed by atoms with van der Waals surface area (Å²) in [6.45, 7) is 0.118. The highest BCUT2D eigenvalue weighted by atomic mass is 79.9. The number of H-pyrrole nitrogens is 1. The van der Waals surface area contributed by atoms with E-state index in [1.807, 2.05) is 36.4 Å². The van der Waals surface area contributed by atoms with Crippen LogP contribution in [0, 0.1) is 5.82 Å². The smallest absolute Gasteiger partial charge is 0.137 e. The van der Waals surface area contributed by atoms with Gasteiger partial charge >= 0.3 is 0 Å². The first-order chi connectivity index (χ1) is 15.1. The molecule has 4 aromatic rings. The number of nitrogens with zero attached hydrogens (tertiary/aromatic N) is 1. The Morgan fingerprint density at radius 1 is 0.935 bits per heavy atom. The highest BCUT2D eigenvalue weighted by Gasteiger charge is 2.12. The van der Waals surface area contributed by atoms with Crippen LogP contribution in [0.25, 0.3) is 22.6 Å². The van der Waals surface area contributed by atoms with Crippen molar-refractivity contribution in [2.45, 2.75) is 6.61 Å². The second-order valence-corrected chi connectivity index (χ2v) is 7.68. The van der Waals surface area contributed by atoms with Crippen LogP contribution in [0.3, 0.4) is 0 Å². The summed E-state index contributed by atoms with van der Waals surface area (Å²) in [5.41, 5.74) is 3.08. The summed E-state index contributed by atoms with van der Waals surface area (Å²) in [6.07, 6.45) is 1.76. The fourth-order valence-corrected chi connectivity index (χ4v) is 3.47. The Kier molecular flexibility index (Phi) is 6.23. The highest BCUT2D eigenvalue weighted by Crippen LogP contribution is 2.34. The molecule has 0 fully saturated rings. The van der Waals surface area contributed by atoms with Crippen LogP contribution in [-0.2, 0) is 6.61 Å². The van der Waals surface area contributed by atoms with Crippen LogP contribution in [0.1, 0.15) is 5.56 Å². The summed E-state index contributed by atoms with van der Waals surface area (Å²) in [7, 11) is 3.23. The first-order valence-electron chi connectivity index (χ1n) is 9.52. The molecule has 0 spiro atoms. The van der Waals surface area contributed by atoms with Gasteiger partial charge < -0.3 is 19.2 Å². The Hall–Kier alpha value is -3.32. The van der Waals surface area contributed by atoms with E-state index in [0.29, 0.717) is 21.5 Å². The Morgan fingerprint density at radius 3 is 2.42 bits per heavy atom. The minimum Gasteiger partial charge on any atom is -0.497 e. The van der Waals surface area contributed by atoms with E-state index in [1.54, 1.807) is 38.6 Å². The van der Waals surface area contributed by atoms with E-state index < -0.39 is 0 Å². The monoisotopic (exact) mass is 482 g/mol. The zero-order valence-electron chi connectivity index (χ0n) is 17.0. The number of ether oxygens (including phenoxy) is 3. The van der Waals surface area contributed by atoms with Crippen LogP contribution in [-0.4, -0.2) is 24.2 Å². The number of hydrogen-bond acceptors (Lipinski definition) is 4. The summed E-state index contributed by atoms with van der Waals surface area (Å²) < 4.78 is 31.2. The van der Waals surface area contributed by atoms with Crippen LogP contribution in [0.15, 0.2) is 71.3 Å². The molecular weight excluding hydrogens is 463 g/mol. The maximum atomic E-state index is 14.0. The lowest BCUT2D eigenvalue weighted by atomic mass is 10.1. The quantitative estimate of drug-likeness (QED) is 0.338. The lowest BCUT2D eigenvalue weighted by Gasteiger charge is -2.11. The molecule has 1 aromatic heterocycles. The number of rotatable bonds is 7. The zero-order valence-corrected chi connectivity index (χ0v) is 18.6. The van der Waals surface area contributed by atoms with Crippen molar-refractivity contribution in [1.29, 1.82) is 0 Å². The van der Waals surface area contributed by atoms with Gasteiger partial charge in [0.25, 0.3) is 0 Å². The number of hydrogen-bond donors (Lipinski definition) is 1. The predicted molar refractivity (Wildman–Crippen MR) is 121 cm³/mol. The zero-order chi connectivity index (χ0) is 21.8. The second kappa shape index (κ2) is 9.22. The van der Waals surface area contributed by atoms with Gasteiger partial charge in [-0.25, -0.2) is 9.37 Å². The van der Waals surface area contributed by atoms with Gasteiger partial charge in [-0.1, -0.05) is 22.0 Å². The van der Waals surface area contributed by atoms with Crippen LogP contribution in [0.2, 0.25) is 0 Å². The largest absolute Gasteiger partial charge is 0.497 e. The first-order valence-corrected chi connectivity index (χ1v) is 10.3. The van der Waals surface area contributed by atoms with Crippen molar-refractivity contribution in [2.75, 3.05) is 14.2 Å². The number of nitrogens with one attached hydrogen (secondary N) is 1. The summed E-state index contributed by atoms with van der Waals surface area (Å²) in [5, 5.41) is 0. The van der Waals surface area contributed by atoms with Crippen molar-refractivity contribution in [3.63, 3.8) is 0 Å². The average Bonchev–Trinajstić information content (AvgIpc) is 3.28. The Morgan fingerprint density at radius 2 is 1.71 bits per heavy atom. The molecule has 158 valence electrons. The van der Waals surface area contributed by atoms with Crippen molar-refractivity contribution in [3.05, 3.63) is 82.7 Å². The maximum Gasteiger partial charge on any atom is 0.137 e. The minimum atomic E-state index is -0.318. The van der Waals surface area contributed by atoms with Gasteiger partial charge in [0.05, 0.1) is 26.1 Å². The second-order valence-electron chi connectivity index (χ2n) is 6.76. The van der Waals surface area contributed by atoms with Crippen LogP contribution < -0.4 is 14.2 Å². The van der Waals surface area contributed by atoms with Crippen molar-refractivity contribution < 1.29 is 18.6 Å². The lowest BCUT2D eigenvalue weighted by Crippen LogP contribution is -1.99. The van der Waals surface area contributed by atoms with Gasteiger partial charge in [-0.3, -0.25) is 0 Å². The van der Waals surface area contributed by atoms with Crippen LogP contribution in [0.5, 0.6) is 17.2 Å². The van der Waals surface area contributed by atoms with E-state index in [9.17, 15) is 4.39 Å². The van der Waals surface area contributed by atoms with Gasteiger partial charge in [0.15, 0.2) is 0 Å². The number of benzene rings is 3. The van der Waals surface area contributed by atoms with Crippen molar-refractivity contribution in [1.82, 2.24) is 9.97 Å². The summed E-state index contributed by atoms with van der Waals surface area (Å²) in [6, 6.07) is 18.0. The summed E-state index contributed by atoms with van der Waals surface area (Å²) in [4.78, 5) is 7.80. The van der Waals surface area contributed by atoms with E-state index in [0.717, 1.165) is 28.4 Å². The SMILES string of the molecule is COc1ccc(-c2ncc(-c3ccc(OCc4ccc(Br)cc4F)cc3OC)[nH]2)cc1. The molecule has 3 aromatic carbocycles. The van der Waals surface area contributed by atoms with Crippen molar-refractivity contribution in [2.24, 2.45) is 0 Å². The van der Waals surface area contributed by atoms with E-state index in [2.05, 4.69) is 25.9 Å². The topological polar surface area (TPSA) is 56.4 Å². The Balaban J connectivity index is 1.53. The van der Waals surface area contributed by atoms with Crippen LogP contribution in [0.4, 0.5) is 4.39 Å². The van der Waals surface area contributed by atoms with E-state index in [1.165, 1.54) is 6.07 Å². The molecule has 0 amide bonds. The van der Waals surface area contributed by atoms with E-state index in [-0.39, 0.29) is 12.4 Å². The predicted octanol–water partition coefficient (Wildman–Crippen LogP) is 6.24. The highest BCUT2D eigenvalue weighted by molar-refractivity contribution is 9.10. The molecule has 0 aliphatic rings. The molecule has 0 aliphatic carbocycles. The molecule has 0 saturated carbocycles. The number of imidazole rings is 1. The molecule has 5 nitrogen and oxygen atoms in total. The van der Waals surface area contributed by atoms with Gasteiger partial charge in [-0.05, 0) is 48.5 Å². The summed E-state index contributed by atoms with van der Waals surface area (Å²) in [5.74, 6) is 2.42. The van der Waals surface area contributed by atoms with Crippen molar-refractivity contribution >= 4 is 15.9 Å². The van der Waals surface area contributed by atoms with Crippen LogP contribution >= 0.6 is 15.9 Å². The maximum absolute atomic E-state index is 14.0. The third kappa shape index (κ3) is 4.72. The van der Waals surface area contributed by atoms with Gasteiger partial charge in [0, 0.05) is 27.2 Å². The Bertz CT molecular complexity index is 1190. The number of aromatic nitrogens is 2. The van der Waals surface area contributed by atoms with Gasteiger partial charge in [-0.15, -0.1) is 0 Å². The molecule has 1 N–H and O–H groups in total. The van der Waals surface area contributed by atoms with Gasteiger partial charge in [-0.2, -0.15) is 0 Å². The minimum absolute atomic E-state index is 0.118. The fraction of sp³-hybridized carbons (Fsp3) is 0.125. The van der Waals surface area contributed by atoms with Gasteiger partial charge in [0.1, 0.15) is 35.5 Å². The molecular formula is C24H20BrFN2O3. The number of aromatic amines is 1. The molecule has 0 aliphatic heterocycles. The third-order valence-corrected chi connectivity index (χ3v) is 5.31. The van der Waals surface area contributed by atoms with E-state index >= 15 is 0 Å². The fourth-order valence-electron chi connectivity index (χ4n) is 3.14. The van der Waals surface area contributed by atoms with E-state index in [4.69, 9.17) is 14.2 Å². The average molecular weight is 483 g/mol. The molecule has 0 atom stereocenters. The molecule has 0 radical (unpaired) electrons. The third-order valence-electron chi connectivity index (χ3n) is 4.81. The normalized spacial score (nSPS) is 10.7. The molecule has 1 heterocycles. The van der Waals surface area contributed by atoms with Gasteiger partial charge in [0.2, 0.25) is 0 Å². The number of methoxy groups -OCH3 is 2. The van der Waals surface area contributed by atoms with Crippen molar-refractivity contribution in [3.8, 4) is 39.9 Å². The molecule has 0 bridgehead atoms. The standard InChI is InChI=1S/C24H20BrFN2O3/c1-29-18-7-4-15(5-8-18)24-27-13-22(28-24)20-10-9-19(12-23(20)30-2)31-14-16-3-6-17(25)11-21(16)26/h3-13H,14H2,1-2H3,(H,27,28). The first kappa shape index (κ1) is 20.9. The summed E-state index contributed by atoms with van der Waals surface area (Å²) >= 11 is 3.25.